The number of ether oxygens (including phenoxy) is 1. The molecule has 1 heterocycles. The molecule has 210 valence electrons. The second-order valence-corrected chi connectivity index (χ2v) is 9.24. The summed E-state index contributed by atoms with van der Waals surface area (Å²) in [5.74, 6) is 1.93. The highest BCUT2D eigenvalue weighted by Gasteiger charge is 2.23. The van der Waals surface area contributed by atoms with E-state index in [0.717, 1.165) is 17.5 Å². The number of carboxylic acids is 1. The molecule has 1 atom stereocenters. The summed E-state index contributed by atoms with van der Waals surface area (Å²) < 4.78 is 5.44. The molecule has 1 amide bonds. The van der Waals surface area contributed by atoms with Gasteiger partial charge in [0, 0.05) is 16.7 Å². The van der Waals surface area contributed by atoms with Crippen molar-refractivity contribution in [3.63, 3.8) is 0 Å². The number of carbonyl (C=O) groups is 2. The van der Waals surface area contributed by atoms with Crippen LogP contribution in [0.2, 0.25) is 0 Å². The second-order valence-electron chi connectivity index (χ2n) is 8.99. The van der Waals surface area contributed by atoms with Gasteiger partial charge in [-0.15, -0.1) is 6.42 Å². The number of para-hydroxylation sites is 2. The van der Waals surface area contributed by atoms with Crippen molar-refractivity contribution in [2.75, 3.05) is 7.11 Å². The number of hydrogen-bond acceptors (Lipinski definition) is 4. The molecule has 1 unspecified atom stereocenters. The summed E-state index contributed by atoms with van der Waals surface area (Å²) in [5, 5.41) is 13.1. The molecule has 0 aliphatic carbocycles. The third kappa shape index (κ3) is 7.24. The Hall–Kier alpha value is -4.80. The van der Waals surface area contributed by atoms with Gasteiger partial charge < -0.3 is 20.1 Å². The summed E-state index contributed by atoms with van der Waals surface area (Å²) in [5.41, 5.74) is 4.72. The molecule has 2 aromatic carbocycles. The number of H-pyrrole nitrogens is 1. The van der Waals surface area contributed by atoms with Gasteiger partial charge >= 0.3 is 5.97 Å². The van der Waals surface area contributed by atoms with E-state index in [0.29, 0.717) is 40.3 Å². The number of carbonyl (C=O) groups excluding carboxylic acids is 1. The lowest BCUT2D eigenvalue weighted by Gasteiger charge is -2.20. The predicted octanol–water partition coefficient (Wildman–Crippen LogP) is 7.12. The number of aromatic carboxylic acids is 1. The third-order valence-electron chi connectivity index (χ3n) is 6.33. The Morgan fingerprint density at radius 2 is 2.02 bits per heavy atom. The summed E-state index contributed by atoms with van der Waals surface area (Å²) in [6.45, 7) is 7.99. The lowest BCUT2D eigenvalue weighted by molar-refractivity contribution is 0.0696. The zero-order valence-electron chi connectivity index (χ0n) is 23.2. The summed E-state index contributed by atoms with van der Waals surface area (Å²) >= 11 is 5.79. The van der Waals surface area contributed by atoms with Gasteiger partial charge in [0.25, 0.3) is 5.91 Å². The van der Waals surface area contributed by atoms with Gasteiger partial charge in [-0.05, 0) is 60.9 Å². The minimum atomic E-state index is -1.21. The van der Waals surface area contributed by atoms with Crippen molar-refractivity contribution in [3.8, 4) is 12.3 Å². The molecule has 0 aliphatic rings. The molecule has 0 fully saturated rings. The molecule has 0 saturated heterocycles. The van der Waals surface area contributed by atoms with E-state index in [1.54, 1.807) is 36.4 Å². The number of benzene rings is 2. The number of carboxylic acid groups (broad SMARTS) is 1. The van der Waals surface area contributed by atoms with Crippen molar-refractivity contribution in [1.82, 2.24) is 15.3 Å². The lowest BCUT2D eigenvalue weighted by atomic mass is 9.92. The minimum Gasteiger partial charge on any atom is -0.496 e. The zero-order valence-corrected chi connectivity index (χ0v) is 24.0. The first-order valence-corrected chi connectivity index (χ1v) is 13.4. The standard InChI is InChI=1S/C33H32ClN3O4/c1-6-12-27(23(8-3)30(41-5)13-7-2)37-32(38)22-17-18-24(26(20-22)33(39)40)21(4)25(14-11-19-34)31-35-28-15-9-10-16-29(28)36-31/h3,7,9-11,13-20,27H,4,6,12H2,1-2,5H3,(H,35,36)(H,37,38)(H,39,40)/b13-7-,19-11-,25-14+,30-23-. The fourth-order valence-corrected chi connectivity index (χ4v) is 4.46. The largest absolute Gasteiger partial charge is 0.496 e. The molecule has 0 radical (unpaired) electrons. The highest BCUT2D eigenvalue weighted by Crippen LogP contribution is 2.32. The number of hydrogen-bond donors (Lipinski definition) is 3. The van der Waals surface area contributed by atoms with Crippen LogP contribution in [0.3, 0.4) is 0 Å². The van der Waals surface area contributed by atoms with E-state index in [1.165, 1.54) is 18.7 Å². The van der Waals surface area contributed by atoms with Crippen molar-refractivity contribution in [3.05, 3.63) is 113 Å². The number of nitrogens with zero attached hydrogens (tertiary/aromatic N) is 1. The number of methoxy groups -OCH3 is 1. The van der Waals surface area contributed by atoms with Crippen molar-refractivity contribution in [2.24, 2.45) is 0 Å². The van der Waals surface area contributed by atoms with E-state index in [2.05, 4.69) is 27.8 Å². The number of fused-ring (bicyclic) bond motifs is 1. The van der Waals surface area contributed by atoms with Gasteiger partial charge in [-0.25, -0.2) is 9.78 Å². The predicted molar refractivity (Wildman–Crippen MR) is 165 cm³/mol. The van der Waals surface area contributed by atoms with E-state index in [-0.39, 0.29) is 11.1 Å². The quantitative estimate of drug-likeness (QED) is 0.122. The second kappa shape index (κ2) is 14.5. The molecule has 0 bridgehead atoms. The molecule has 1 aromatic heterocycles. The number of nitrogens with one attached hydrogen (secondary N) is 2. The van der Waals surface area contributed by atoms with Crippen LogP contribution in [0.4, 0.5) is 0 Å². The van der Waals surface area contributed by atoms with Crippen molar-refractivity contribution >= 4 is 45.7 Å². The molecule has 0 spiro atoms. The molecule has 3 rings (SSSR count). The van der Waals surface area contributed by atoms with Crippen LogP contribution in [0.25, 0.3) is 22.2 Å². The third-order valence-corrected chi connectivity index (χ3v) is 6.48. The van der Waals surface area contributed by atoms with Gasteiger partial charge in [-0.1, -0.05) is 67.8 Å². The fourth-order valence-electron chi connectivity index (χ4n) is 4.39. The number of aromatic nitrogens is 2. The molecule has 3 aromatic rings. The molecular formula is C33H32ClN3O4. The molecule has 8 heteroatoms. The van der Waals surface area contributed by atoms with Crippen molar-refractivity contribution in [1.29, 1.82) is 0 Å². The van der Waals surface area contributed by atoms with Crippen LogP contribution in [-0.2, 0) is 4.74 Å². The van der Waals surface area contributed by atoms with Crippen LogP contribution in [0.15, 0.2) is 90.2 Å². The molecule has 0 aliphatic heterocycles. The molecule has 0 saturated carbocycles. The first kappa shape index (κ1) is 30.7. The molecule has 41 heavy (non-hydrogen) atoms. The Kier molecular flexibility index (Phi) is 10.9. The van der Waals surface area contributed by atoms with Gasteiger partial charge in [-0.2, -0.15) is 0 Å². The maximum Gasteiger partial charge on any atom is 0.336 e. The molecular weight excluding hydrogens is 538 g/mol. The monoisotopic (exact) mass is 569 g/mol. The van der Waals surface area contributed by atoms with Gasteiger partial charge in [0.05, 0.1) is 35.3 Å². The normalized spacial score (nSPS) is 13.2. The Morgan fingerprint density at radius 1 is 1.27 bits per heavy atom. The van der Waals surface area contributed by atoms with Crippen molar-refractivity contribution in [2.45, 2.75) is 32.7 Å². The number of halogens is 1. The number of rotatable bonds is 12. The fraction of sp³-hybridized carbons (Fsp3) is 0.182. The van der Waals surface area contributed by atoms with E-state index in [1.807, 2.05) is 38.1 Å². The van der Waals surface area contributed by atoms with E-state index in [9.17, 15) is 14.7 Å². The summed E-state index contributed by atoms with van der Waals surface area (Å²) in [7, 11) is 1.51. The summed E-state index contributed by atoms with van der Waals surface area (Å²) in [4.78, 5) is 33.6. The van der Waals surface area contributed by atoms with Gasteiger partial charge in [0.2, 0.25) is 0 Å². The molecule has 7 nitrogen and oxygen atoms in total. The maximum absolute atomic E-state index is 13.3. The van der Waals surface area contributed by atoms with Gasteiger partial charge in [-0.3, -0.25) is 4.79 Å². The van der Waals surface area contributed by atoms with E-state index >= 15 is 0 Å². The first-order chi connectivity index (χ1) is 19.8. The Morgan fingerprint density at radius 3 is 2.63 bits per heavy atom. The van der Waals surface area contributed by atoms with Crippen LogP contribution in [0.1, 0.15) is 58.8 Å². The Bertz CT molecular complexity index is 1590. The number of terminal acetylenes is 1. The van der Waals surface area contributed by atoms with Crippen molar-refractivity contribution < 1.29 is 19.4 Å². The maximum atomic E-state index is 13.3. The van der Waals surface area contributed by atoms with Gasteiger partial charge in [0.15, 0.2) is 0 Å². The highest BCUT2D eigenvalue weighted by atomic mass is 35.5. The first-order valence-electron chi connectivity index (χ1n) is 13.0. The topological polar surface area (TPSA) is 104 Å². The number of allylic oxidation sites excluding steroid dienone is 6. The van der Waals surface area contributed by atoms with Crippen LogP contribution in [-0.4, -0.2) is 40.1 Å². The number of aromatic amines is 1. The lowest BCUT2D eigenvalue weighted by Crippen LogP contribution is -2.36. The average molecular weight is 570 g/mol. The number of imidazole rings is 1. The van der Waals surface area contributed by atoms with Crippen LogP contribution >= 0.6 is 11.6 Å². The van der Waals surface area contributed by atoms with E-state index in [4.69, 9.17) is 22.8 Å². The molecule has 3 N–H and O–H groups in total. The van der Waals surface area contributed by atoms with Crippen LogP contribution < -0.4 is 5.32 Å². The Labute approximate surface area is 245 Å². The smallest absolute Gasteiger partial charge is 0.336 e. The Balaban J connectivity index is 2.02. The van der Waals surface area contributed by atoms with Gasteiger partial charge in [0.1, 0.15) is 11.6 Å². The minimum absolute atomic E-state index is 0.0919. The number of amides is 1. The van der Waals surface area contributed by atoms with E-state index < -0.39 is 17.9 Å². The zero-order chi connectivity index (χ0) is 29.9. The summed E-state index contributed by atoms with van der Waals surface area (Å²) in [6, 6.07) is 11.5. The SMILES string of the molecule is C#C/C(=C(\C=C/C)OC)C(CCC)NC(=O)c1ccc(C(=C)/C(=C\C=C/Cl)c2nc3ccccc3[nH]2)c(C(=O)O)c1. The van der Waals surface area contributed by atoms with Crippen LogP contribution in [0, 0.1) is 12.3 Å². The summed E-state index contributed by atoms with van der Waals surface area (Å²) in [6.07, 6.45) is 13.9. The highest BCUT2D eigenvalue weighted by molar-refractivity contribution is 6.25. The van der Waals surface area contributed by atoms with Crippen LogP contribution in [0.5, 0.6) is 0 Å². The average Bonchev–Trinajstić information content (AvgIpc) is 3.40.